The predicted octanol–water partition coefficient (Wildman–Crippen LogP) is 1.32. The van der Waals surface area contributed by atoms with Gasteiger partial charge in [0, 0.05) is 35.5 Å². The normalized spacial score (nSPS) is 11.8. The van der Waals surface area contributed by atoms with Gasteiger partial charge in [-0.15, -0.1) is 0 Å². The van der Waals surface area contributed by atoms with E-state index in [1.165, 1.54) is 6.26 Å². The molecule has 2 N–H and O–H groups in total. The van der Waals surface area contributed by atoms with Crippen molar-refractivity contribution in [3.8, 4) is 0 Å². The van der Waals surface area contributed by atoms with Gasteiger partial charge in [-0.1, -0.05) is 12.2 Å². The molecule has 0 radical (unpaired) electrons. The molecule has 0 saturated heterocycles. The number of thiocarbonyl (C=S) groups is 1. The molecular weight excluding hydrogens is 268 g/mol. The zero-order valence-electron chi connectivity index (χ0n) is 9.96. The van der Waals surface area contributed by atoms with E-state index in [0.29, 0.717) is 11.5 Å². The minimum atomic E-state index is -2.95. The Kier molecular flexibility index (Phi) is 3.41. The zero-order valence-corrected chi connectivity index (χ0v) is 11.6. The van der Waals surface area contributed by atoms with E-state index < -0.39 is 9.84 Å². The van der Waals surface area contributed by atoms with Crippen LogP contribution in [0.5, 0.6) is 0 Å². The lowest BCUT2D eigenvalue weighted by Crippen LogP contribution is -2.11. The second-order valence-corrected chi connectivity index (χ2v) is 6.98. The van der Waals surface area contributed by atoms with Gasteiger partial charge >= 0.3 is 0 Å². The maximum atomic E-state index is 11.2. The zero-order chi connectivity index (χ0) is 13.3. The number of aromatic nitrogens is 1. The molecular formula is C12H14N2O2S2. The van der Waals surface area contributed by atoms with E-state index in [0.717, 1.165) is 16.5 Å². The van der Waals surface area contributed by atoms with Crippen molar-refractivity contribution in [3.63, 3.8) is 0 Å². The van der Waals surface area contributed by atoms with Crippen molar-refractivity contribution in [2.24, 2.45) is 5.73 Å². The highest BCUT2D eigenvalue weighted by Crippen LogP contribution is 2.17. The molecule has 1 heterocycles. The monoisotopic (exact) mass is 282 g/mol. The number of rotatable bonds is 4. The van der Waals surface area contributed by atoms with E-state index in [1.807, 2.05) is 35.0 Å². The highest BCUT2D eigenvalue weighted by molar-refractivity contribution is 7.90. The molecule has 2 rings (SSSR count). The van der Waals surface area contributed by atoms with Crippen LogP contribution in [-0.4, -0.2) is 30.0 Å². The number of sulfone groups is 1. The van der Waals surface area contributed by atoms with Gasteiger partial charge in [0.1, 0.15) is 14.8 Å². The first-order valence-electron chi connectivity index (χ1n) is 5.43. The molecule has 0 amide bonds. The van der Waals surface area contributed by atoms with Crippen LogP contribution in [0.25, 0.3) is 10.9 Å². The van der Waals surface area contributed by atoms with E-state index in [-0.39, 0.29) is 5.75 Å². The Morgan fingerprint density at radius 1 is 1.39 bits per heavy atom. The first-order chi connectivity index (χ1) is 8.37. The van der Waals surface area contributed by atoms with Crippen LogP contribution in [0.3, 0.4) is 0 Å². The maximum Gasteiger partial charge on any atom is 0.149 e. The third-order valence-electron chi connectivity index (χ3n) is 2.76. The number of hydrogen-bond acceptors (Lipinski definition) is 3. The molecule has 1 aromatic heterocycles. The Balaban J connectivity index is 2.34. The average molecular weight is 282 g/mol. The van der Waals surface area contributed by atoms with Crippen LogP contribution in [0.2, 0.25) is 0 Å². The molecule has 4 nitrogen and oxygen atoms in total. The van der Waals surface area contributed by atoms with Gasteiger partial charge in [0.25, 0.3) is 0 Å². The van der Waals surface area contributed by atoms with Crippen molar-refractivity contribution >= 4 is 37.9 Å². The Morgan fingerprint density at radius 3 is 2.72 bits per heavy atom. The van der Waals surface area contributed by atoms with Crippen LogP contribution in [0.1, 0.15) is 5.56 Å². The third-order valence-corrected chi connectivity index (χ3v) is 3.92. The second-order valence-electron chi connectivity index (χ2n) is 4.28. The summed E-state index contributed by atoms with van der Waals surface area (Å²) in [6, 6.07) is 7.60. The molecule has 0 spiro atoms. The maximum absolute atomic E-state index is 11.2. The smallest absolute Gasteiger partial charge is 0.149 e. The number of fused-ring (bicyclic) bond motifs is 1. The largest absolute Gasteiger partial charge is 0.389 e. The summed E-state index contributed by atoms with van der Waals surface area (Å²) in [6.45, 7) is 0.453. The van der Waals surface area contributed by atoms with E-state index in [9.17, 15) is 8.42 Å². The summed E-state index contributed by atoms with van der Waals surface area (Å²) in [5.74, 6) is 0.133. The Hall–Kier alpha value is -1.40. The third kappa shape index (κ3) is 2.88. The van der Waals surface area contributed by atoms with Crippen LogP contribution in [0.4, 0.5) is 0 Å². The lowest BCUT2D eigenvalue weighted by atomic mass is 10.1. The van der Waals surface area contributed by atoms with Crippen molar-refractivity contribution in [2.45, 2.75) is 6.54 Å². The van der Waals surface area contributed by atoms with E-state index in [1.54, 1.807) is 0 Å². The molecule has 0 saturated carbocycles. The second kappa shape index (κ2) is 4.70. The quantitative estimate of drug-likeness (QED) is 0.859. The summed E-state index contributed by atoms with van der Waals surface area (Å²) in [5, 5.41) is 1.01. The van der Waals surface area contributed by atoms with Crippen LogP contribution in [0, 0.1) is 0 Å². The van der Waals surface area contributed by atoms with Crippen molar-refractivity contribution in [3.05, 3.63) is 36.0 Å². The molecule has 18 heavy (non-hydrogen) atoms. The molecule has 0 aliphatic heterocycles. The fourth-order valence-corrected chi connectivity index (χ4v) is 2.47. The van der Waals surface area contributed by atoms with Crippen LogP contribution < -0.4 is 5.73 Å². The van der Waals surface area contributed by atoms with Crippen molar-refractivity contribution in [1.29, 1.82) is 0 Å². The molecule has 1 aromatic carbocycles. The lowest BCUT2D eigenvalue weighted by molar-refractivity contribution is 0.596. The van der Waals surface area contributed by atoms with Gasteiger partial charge in [-0.3, -0.25) is 0 Å². The molecule has 0 bridgehead atoms. The average Bonchev–Trinajstić information content (AvgIpc) is 2.67. The van der Waals surface area contributed by atoms with Gasteiger partial charge in [0.15, 0.2) is 0 Å². The number of benzene rings is 1. The number of hydrogen-bond donors (Lipinski definition) is 1. The van der Waals surface area contributed by atoms with Gasteiger partial charge in [-0.05, 0) is 24.3 Å². The summed E-state index contributed by atoms with van der Waals surface area (Å²) in [7, 11) is -2.95. The standard InChI is InChI=1S/C12H14N2O2S2/c1-18(15,16)7-6-14-5-4-9-8-10(12(13)17)2-3-11(9)14/h2-5,8H,6-7H2,1H3,(H2,13,17). The molecule has 0 aliphatic rings. The van der Waals surface area contributed by atoms with Crippen LogP contribution >= 0.6 is 12.2 Å². The Morgan fingerprint density at radius 2 is 2.11 bits per heavy atom. The van der Waals surface area contributed by atoms with Gasteiger partial charge in [0.2, 0.25) is 0 Å². The fourth-order valence-electron chi connectivity index (χ4n) is 1.81. The first-order valence-corrected chi connectivity index (χ1v) is 7.90. The van der Waals surface area contributed by atoms with E-state index in [4.69, 9.17) is 18.0 Å². The molecule has 6 heteroatoms. The van der Waals surface area contributed by atoms with Crippen LogP contribution in [0.15, 0.2) is 30.5 Å². The van der Waals surface area contributed by atoms with Gasteiger partial charge in [-0.25, -0.2) is 8.42 Å². The molecule has 96 valence electrons. The molecule has 2 aromatic rings. The summed E-state index contributed by atoms with van der Waals surface area (Å²) >= 11 is 4.92. The topological polar surface area (TPSA) is 65.1 Å². The number of nitrogens with zero attached hydrogens (tertiary/aromatic N) is 1. The SMILES string of the molecule is CS(=O)(=O)CCn1ccc2cc(C(N)=S)ccc21. The van der Waals surface area contributed by atoms with E-state index in [2.05, 4.69) is 0 Å². The molecule has 0 fully saturated rings. The lowest BCUT2D eigenvalue weighted by Gasteiger charge is -2.05. The molecule has 0 aliphatic carbocycles. The highest BCUT2D eigenvalue weighted by Gasteiger charge is 2.06. The minimum Gasteiger partial charge on any atom is -0.389 e. The van der Waals surface area contributed by atoms with E-state index >= 15 is 0 Å². The van der Waals surface area contributed by atoms with Crippen LogP contribution in [-0.2, 0) is 16.4 Å². The Labute approximate surface area is 111 Å². The van der Waals surface area contributed by atoms with Crippen molar-refractivity contribution in [1.82, 2.24) is 4.57 Å². The minimum absolute atomic E-state index is 0.133. The summed E-state index contributed by atoms with van der Waals surface area (Å²) in [4.78, 5) is 0.362. The van der Waals surface area contributed by atoms with Gasteiger partial charge < -0.3 is 10.3 Å². The van der Waals surface area contributed by atoms with Gasteiger partial charge in [-0.2, -0.15) is 0 Å². The van der Waals surface area contributed by atoms with Crippen molar-refractivity contribution in [2.75, 3.05) is 12.0 Å². The highest BCUT2D eigenvalue weighted by atomic mass is 32.2. The predicted molar refractivity (Wildman–Crippen MR) is 77.5 cm³/mol. The first kappa shape index (κ1) is 13.0. The number of aryl methyl sites for hydroxylation is 1. The van der Waals surface area contributed by atoms with Gasteiger partial charge in [0.05, 0.1) is 5.75 Å². The number of nitrogens with two attached hydrogens (primary N) is 1. The Bertz CT molecular complexity index is 702. The molecule has 0 atom stereocenters. The fraction of sp³-hybridized carbons (Fsp3) is 0.250. The summed E-state index contributed by atoms with van der Waals surface area (Å²) in [6.07, 6.45) is 3.11. The van der Waals surface area contributed by atoms with Crippen molar-refractivity contribution < 1.29 is 8.42 Å². The summed E-state index contributed by atoms with van der Waals surface area (Å²) in [5.41, 5.74) is 7.38. The molecule has 0 unspecified atom stereocenters. The summed E-state index contributed by atoms with van der Waals surface area (Å²) < 4.78 is 24.2.